The van der Waals surface area contributed by atoms with Crippen LogP contribution in [0.4, 0.5) is 20.6 Å². The van der Waals surface area contributed by atoms with Gasteiger partial charge in [-0.3, -0.25) is 4.90 Å². The summed E-state index contributed by atoms with van der Waals surface area (Å²) in [5.41, 5.74) is 1.13. The molecule has 4 rings (SSSR count). The molecule has 0 saturated carbocycles. The molecule has 0 atom stereocenters. The molecule has 0 radical (unpaired) electrons. The molecule has 29 heavy (non-hydrogen) atoms. The van der Waals surface area contributed by atoms with Gasteiger partial charge in [0.05, 0.1) is 25.0 Å². The Morgan fingerprint density at radius 2 is 1.69 bits per heavy atom. The van der Waals surface area contributed by atoms with Gasteiger partial charge in [-0.15, -0.1) is 0 Å². The molecule has 1 aliphatic heterocycles. The SMILES string of the molecule is COc1cccc(CN2C(=O)N(c3ccc(F)cc3)S(=O)(=O)c3ccccc32)c1. The molecule has 0 saturated heterocycles. The van der Waals surface area contributed by atoms with E-state index in [1.807, 2.05) is 6.07 Å². The van der Waals surface area contributed by atoms with Gasteiger partial charge >= 0.3 is 6.03 Å². The first-order valence-corrected chi connectivity index (χ1v) is 10.2. The summed E-state index contributed by atoms with van der Waals surface area (Å²) in [6.45, 7) is 0.139. The molecule has 3 aromatic carbocycles. The van der Waals surface area contributed by atoms with E-state index < -0.39 is 21.9 Å². The van der Waals surface area contributed by atoms with Gasteiger partial charge < -0.3 is 4.74 Å². The molecule has 1 aliphatic rings. The van der Waals surface area contributed by atoms with Crippen molar-refractivity contribution in [3.8, 4) is 5.75 Å². The van der Waals surface area contributed by atoms with Crippen molar-refractivity contribution >= 4 is 27.4 Å². The molecule has 0 aromatic heterocycles. The Hall–Kier alpha value is -3.39. The fourth-order valence-electron chi connectivity index (χ4n) is 3.24. The molecule has 0 bridgehead atoms. The van der Waals surface area contributed by atoms with E-state index >= 15 is 0 Å². The van der Waals surface area contributed by atoms with Gasteiger partial charge in [0.1, 0.15) is 16.5 Å². The number of hydrogen-bond acceptors (Lipinski definition) is 4. The monoisotopic (exact) mass is 412 g/mol. The summed E-state index contributed by atoms with van der Waals surface area (Å²) >= 11 is 0. The molecule has 0 aliphatic carbocycles. The highest BCUT2D eigenvalue weighted by Crippen LogP contribution is 2.38. The molecule has 0 spiro atoms. The minimum absolute atomic E-state index is 0.00632. The number of anilines is 2. The highest BCUT2D eigenvalue weighted by atomic mass is 32.2. The van der Waals surface area contributed by atoms with Crippen molar-refractivity contribution in [2.75, 3.05) is 16.3 Å². The Morgan fingerprint density at radius 3 is 2.41 bits per heavy atom. The number of rotatable bonds is 4. The Bertz CT molecular complexity index is 1180. The lowest BCUT2D eigenvalue weighted by atomic mass is 10.2. The van der Waals surface area contributed by atoms with E-state index in [-0.39, 0.29) is 17.1 Å². The van der Waals surface area contributed by atoms with E-state index in [2.05, 4.69) is 0 Å². The quantitative estimate of drug-likeness (QED) is 0.645. The number of benzene rings is 3. The lowest BCUT2D eigenvalue weighted by molar-refractivity contribution is 0.253. The topological polar surface area (TPSA) is 66.9 Å². The first kappa shape index (κ1) is 18.9. The van der Waals surface area contributed by atoms with Gasteiger partial charge in [-0.1, -0.05) is 24.3 Å². The van der Waals surface area contributed by atoms with Crippen molar-refractivity contribution in [1.82, 2.24) is 0 Å². The summed E-state index contributed by atoms with van der Waals surface area (Å²) in [7, 11) is -2.60. The Labute approximate surface area is 167 Å². The number of urea groups is 1. The van der Waals surface area contributed by atoms with E-state index in [1.165, 1.54) is 23.1 Å². The maximum Gasteiger partial charge on any atom is 0.343 e. The maximum atomic E-state index is 13.3. The number of sulfonamides is 1. The average molecular weight is 412 g/mol. The minimum atomic E-state index is -4.14. The molecular weight excluding hydrogens is 395 g/mol. The van der Waals surface area contributed by atoms with Gasteiger partial charge in [-0.05, 0) is 54.1 Å². The molecule has 148 valence electrons. The van der Waals surface area contributed by atoms with Crippen LogP contribution < -0.4 is 13.9 Å². The summed E-state index contributed by atoms with van der Waals surface area (Å²) in [5, 5.41) is 0. The molecule has 2 amide bonds. The number of para-hydroxylation sites is 1. The average Bonchev–Trinajstić information content (AvgIpc) is 2.73. The number of carbonyl (C=O) groups excluding carboxylic acids is 1. The van der Waals surface area contributed by atoms with Crippen LogP contribution in [0.1, 0.15) is 5.56 Å². The lowest BCUT2D eigenvalue weighted by Gasteiger charge is -2.36. The Balaban J connectivity index is 1.84. The second-order valence-corrected chi connectivity index (χ2v) is 8.19. The Kier molecular flexibility index (Phi) is 4.71. The zero-order valence-corrected chi connectivity index (χ0v) is 16.3. The second-order valence-electron chi connectivity index (χ2n) is 6.43. The summed E-state index contributed by atoms with van der Waals surface area (Å²) < 4.78 is 45.6. The predicted molar refractivity (Wildman–Crippen MR) is 107 cm³/mol. The maximum absolute atomic E-state index is 13.3. The number of carbonyl (C=O) groups is 1. The van der Waals surface area contributed by atoms with Crippen LogP contribution in [0.5, 0.6) is 5.75 Å². The molecule has 3 aromatic rings. The fourth-order valence-corrected chi connectivity index (χ4v) is 4.84. The van der Waals surface area contributed by atoms with Crippen molar-refractivity contribution in [3.63, 3.8) is 0 Å². The summed E-state index contributed by atoms with van der Waals surface area (Å²) in [4.78, 5) is 14.7. The third-order valence-electron chi connectivity index (χ3n) is 4.61. The smallest absolute Gasteiger partial charge is 0.343 e. The van der Waals surface area contributed by atoms with Crippen molar-refractivity contribution in [2.45, 2.75) is 11.4 Å². The minimum Gasteiger partial charge on any atom is -0.497 e. The summed E-state index contributed by atoms with van der Waals surface area (Å²) in [6, 6.07) is 17.5. The number of nitrogens with zero attached hydrogens (tertiary/aromatic N) is 2. The number of methoxy groups -OCH3 is 1. The Morgan fingerprint density at radius 1 is 0.966 bits per heavy atom. The standard InChI is InChI=1S/C21H17FN2O4S/c1-28-18-6-4-5-15(13-18)14-23-19-7-2-3-8-20(19)29(26,27)24(21(23)25)17-11-9-16(22)10-12-17/h2-13H,14H2,1H3. The van der Waals surface area contributed by atoms with E-state index in [9.17, 15) is 17.6 Å². The van der Waals surface area contributed by atoms with Gasteiger partial charge in [0.15, 0.2) is 0 Å². The zero-order chi connectivity index (χ0) is 20.6. The summed E-state index contributed by atoms with van der Waals surface area (Å²) in [5.74, 6) is 0.104. The molecule has 6 nitrogen and oxygen atoms in total. The second kappa shape index (κ2) is 7.21. The number of halogens is 1. The zero-order valence-electron chi connectivity index (χ0n) is 15.4. The highest BCUT2D eigenvalue weighted by molar-refractivity contribution is 7.94. The van der Waals surface area contributed by atoms with Crippen LogP contribution >= 0.6 is 0 Å². The molecule has 0 N–H and O–H groups in total. The lowest BCUT2D eigenvalue weighted by Crippen LogP contribution is -2.50. The number of hydrogen-bond donors (Lipinski definition) is 0. The first-order valence-electron chi connectivity index (χ1n) is 8.76. The van der Waals surface area contributed by atoms with Crippen molar-refractivity contribution in [2.24, 2.45) is 0 Å². The highest BCUT2D eigenvalue weighted by Gasteiger charge is 2.42. The summed E-state index contributed by atoms with van der Waals surface area (Å²) in [6.07, 6.45) is 0. The van der Waals surface area contributed by atoms with Gasteiger partial charge in [-0.25, -0.2) is 17.6 Å². The van der Waals surface area contributed by atoms with Crippen LogP contribution in [0.3, 0.4) is 0 Å². The number of amides is 2. The molecule has 0 fully saturated rings. The van der Waals surface area contributed by atoms with Crippen LogP contribution in [-0.2, 0) is 16.6 Å². The largest absolute Gasteiger partial charge is 0.497 e. The van der Waals surface area contributed by atoms with Crippen molar-refractivity contribution in [3.05, 3.63) is 84.2 Å². The van der Waals surface area contributed by atoms with Gasteiger partial charge in [-0.2, -0.15) is 4.31 Å². The molecule has 0 unspecified atom stereocenters. The van der Waals surface area contributed by atoms with Crippen LogP contribution in [0, 0.1) is 5.82 Å². The fraction of sp³-hybridized carbons (Fsp3) is 0.0952. The van der Waals surface area contributed by atoms with Crippen LogP contribution in [-0.4, -0.2) is 21.6 Å². The third kappa shape index (κ3) is 3.31. The molecular formula is C21H17FN2O4S. The van der Waals surface area contributed by atoms with Crippen molar-refractivity contribution < 1.29 is 22.3 Å². The number of ether oxygens (including phenoxy) is 1. The van der Waals surface area contributed by atoms with E-state index in [0.717, 1.165) is 17.7 Å². The third-order valence-corrected chi connectivity index (χ3v) is 6.36. The van der Waals surface area contributed by atoms with E-state index in [4.69, 9.17) is 4.74 Å². The van der Waals surface area contributed by atoms with Gasteiger partial charge in [0, 0.05) is 0 Å². The van der Waals surface area contributed by atoms with E-state index in [1.54, 1.807) is 43.5 Å². The van der Waals surface area contributed by atoms with Crippen molar-refractivity contribution in [1.29, 1.82) is 0 Å². The van der Waals surface area contributed by atoms with Crippen LogP contribution in [0.2, 0.25) is 0 Å². The van der Waals surface area contributed by atoms with E-state index in [0.29, 0.717) is 15.7 Å². The first-order chi connectivity index (χ1) is 13.9. The van der Waals surface area contributed by atoms with Gasteiger partial charge in [0.2, 0.25) is 0 Å². The molecule has 8 heteroatoms. The van der Waals surface area contributed by atoms with Crippen LogP contribution in [0.25, 0.3) is 0 Å². The molecule has 1 heterocycles. The predicted octanol–water partition coefficient (Wildman–Crippen LogP) is 4.17. The van der Waals surface area contributed by atoms with Crippen LogP contribution in [0.15, 0.2) is 77.7 Å². The van der Waals surface area contributed by atoms with Gasteiger partial charge in [0.25, 0.3) is 10.0 Å². The normalized spacial score (nSPS) is 15.2. The number of fused-ring (bicyclic) bond motifs is 1.